The van der Waals surface area contributed by atoms with Gasteiger partial charge in [-0.15, -0.1) is 0 Å². The Hall–Kier alpha value is -1.42. The normalized spacial score (nSPS) is 21.1. The van der Waals surface area contributed by atoms with Crippen molar-refractivity contribution < 1.29 is 14.3 Å². The van der Waals surface area contributed by atoms with Crippen LogP contribution in [0.2, 0.25) is 0 Å². The molecule has 0 amide bonds. The van der Waals surface area contributed by atoms with E-state index in [9.17, 15) is 14.3 Å². The van der Waals surface area contributed by atoms with E-state index in [0.717, 1.165) is 31.5 Å². The Labute approximate surface area is 113 Å². The molecule has 1 aliphatic rings. The summed E-state index contributed by atoms with van der Waals surface area (Å²) in [6.07, 6.45) is 4.56. The number of benzene rings is 1. The van der Waals surface area contributed by atoms with Crippen LogP contribution in [0.25, 0.3) is 0 Å². The number of rotatable bonds is 3. The molecule has 0 radical (unpaired) electrons. The summed E-state index contributed by atoms with van der Waals surface area (Å²) in [5, 5.41) is 9.65. The van der Waals surface area contributed by atoms with E-state index in [1.807, 2.05) is 0 Å². The number of aromatic hydroxyl groups is 1. The van der Waals surface area contributed by atoms with Crippen molar-refractivity contribution in [3.8, 4) is 5.75 Å². The van der Waals surface area contributed by atoms with E-state index in [-0.39, 0.29) is 23.6 Å². The molecule has 1 fully saturated rings. The molecule has 1 aromatic rings. The standard InChI is InChI=1S/C15H20FNO2/c1-11-5-3-2-4-8-17(11)10-15(19)13-9-12(16)6-7-14(13)18/h6-7,9,11,18H,2-5,8,10H2,1H3. The summed E-state index contributed by atoms with van der Waals surface area (Å²) in [5.74, 6) is -0.857. The van der Waals surface area contributed by atoms with E-state index < -0.39 is 5.82 Å². The molecule has 0 saturated carbocycles. The molecule has 4 heteroatoms. The van der Waals surface area contributed by atoms with Gasteiger partial charge in [-0.2, -0.15) is 0 Å². The predicted octanol–water partition coefficient (Wildman–Crippen LogP) is 2.98. The average Bonchev–Trinajstić information content (AvgIpc) is 2.58. The second-order valence-electron chi connectivity index (χ2n) is 5.25. The summed E-state index contributed by atoms with van der Waals surface area (Å²) in [5.41, 5.74) is 0.0800. The largest absolute Gasteiger partial charge is 0.507 e. The molecule has 0 bridgehead atoms. The Morgan fingerprint density at radius 1 is 1.42 bits per heavy atom. The van der Waals surface area contributed by atoms with Crippen molar-refractivity contribution in [3.63, 3.8) is 0 Å². The van der Waals surface area contributed by atoms with E-state index in [1.54, 1.807) is 0 Å². The molecule has 2 rings (SSSR count). The molecule has 1 saturated heterocycles. The first-order chi connectivity index (χ1) is 9.08. The maximum atomic E-state index is 13.2. The lowest BCUT2D eigenvalue weighted by Crippen LogP contribution is -2.37. The first-order valence-corrected chi connectivity index (χ1v) is 6.83. The van der Waals surface area contributed by atoms with Gasteiger partial charge in [0, 0.05) is 6.04 Å². The molecule has 1 N–H and O–H groups in total. The molecule has 1 aliphatic heterocycles. The van der Waals surface area contributed by atoms with Crippen molar-refractivity contribution in [2.45, 2.75) is 38.6 Å². The molecular weight excluding hydrogens is 245 g/mol. The third-order valence-corrected chi connectivity index (χ3v) is 3.80. The van der Waals surface area contributed by atoms with Crippen LogP contribution >= 0.6 is 0 Å². The van der Waals surface area contributed by atoms with E-state index in [2.05, 4.69) is 11.8 Å². The SMILES string of the molecule is CC1CCCCCN1CC(=O)c1cc(F)ccc1O. The highest BCUT2D eigenvalue weighted by Gasteiger charge is 2.21. The number of ketones is 1. The molecule has 1 aromatic carbocycles. The Morgan fingerprint density at radius 2 is 2.21 bits per heavy atom. The zero-order valence-electron chi connectivity index (χ0n) is 11.2. The number of phenolic OH excluding ortho intramolecular Hbond substituents is 1. The number of Topliss-reactive ketones (excluding diaryl/α,β-unsaturated/α-hetero) is 1. The van der Waals surface area contributed by atoms with Crippen LogP contribution in [0.5, 0.6) is 5.75 Å². The van der Waals surface area contributed by atoms with Gasteiger partial charge < -0.3 is 5.11 Å². The summed E-state index contributed by atoms with van der Waals surface area (Å²) >= 11 is 0. The van der Waals surface area contributed by atoms with E-state index in [0.29, 0.717) is 6.04 Å². The van der Waals surface area contributed by atoms with E-state index in [1.165, 1.54) is 18.9 Å². The van der Waals surface area contributed by atoms with Crippen LogP contribution < -0.4 is 0 Å². The van der Waals surface area contributed by atoms with Crippen molar-refractivity contribution >= 4 is 5.78 Å². The molecule has 19 heavy (non-hydrogen) atoms. The highest BCUT2D eigenvalue weighted by molar-refractivity contribution is 6.00. The zero-order chi connectivity index (χ0) is 13.8. The van der Waals surface area contributed by atoms with Crippen LogP contribution in [0, 0.1) is 5.82 Å². The first-order valence-electron chi connectivity index (χ1n) is 6.83. The summed E-state index contributed by atoms with van der Waals surface area (Å²) in [4.78, 5) is 14.3. The quantitative estimate of drug-likeness (QED) is 0.854. The van der Waals surface area contributed by atoms with Crippen LogP contribution in [0.3, 0.4) is 0 Å². The van der Waals surface area contributed by atoms with Crippen molar-refractivity contribution in [2.75, 3.05) is 13.1 Å². The number of hydrogen-bond donors (Lipinski definition) is 1. The zero-order valence-corrected chi connectivity index (χ0v) is 11.2. The Kier molecular flexibility index (Phi) is 4.53. The lowest BCUT2D eigenvalue weighted by molar-refractivity contribution is 0.0898. The highest BCUT2D eigenvalue weighted by atomic mass is 19.1. The van der Waals surface area contributed by atoms with Crippen LogP contribution in [-0.4, -0.2) is 34.9 Å². The van der Waals surface area contributed by atoms with Crippen LogP contribution in [-0.2, 0) is 0 Å². The summed E-state index contributed by atoms with van der Waals surface area (Å²) in [6, 6.07) is 3.86. The number of carbonyl (C=O) groups is 1. The number of nitrogens with zero attached hydrogens (tertiary/aromatic N) is 1. The fourth-order valence-corrected chi connectivity index (χ4v) is 2.57. The maximum Gasteiger partial charge on any atom is 0.180 e. The van der Waals surface area contributed by atoms with Crippen LogP contribution in [0.4, 0.5) is 4.39 Å². The third-order valence-electron chi connectivity index (χ3n) is 3.80. The van der Waals surface area contributed by atoms with E-state index in [4.69, 9.17) is 0 Å². The van der Waals surface area contributed by atoms with Gasteiger partial charge in [-0.25, -0.2) is 4.39 Å². The third kappa shape index (κ3) is 3.53. The number of carbonyl (C=O) groups excluding carboxylic acids is 1. The van der Waals surface area contributed by atoms with Gasteiger partial charge in [0.15, 0.2) is 5.78 Å². The van der Waals surface area contributed by atoms with Gasteiger partial charge in [0.05, 0.1) is 12.1 Å². The van der Waals surface area contributed by atoms with Gasteiger partial charge in [0.2, 0.25) is 0 Å². The fraction of sp³-hybridized carbons (Fsp3) is 0.533. The lowest BCUT2D eigenvalue weighted by atomic mass is 10.1. The van der Waals surface area contributed by atoms with Gasteiger partial charge in [-0.05, 0) is 44.5 Å². The number of halogens is 1. The Balaban J connectivity index is 2.09. The van der Waals surface area contributed by atoms with Crippen LogP contribution in [0.1, 0.15) is 43.0 Å². The van der Waals surface area contributed by atoms with Gasteiger partial charge in [0.25, 0.3) is 0 Å². The summed E-state index contributed by atoms with van der Waals surface area (Å²) in [6.45, 7) is 3.26. The molecular formula is C15H20FNO2. The number of phenols is 1. The van der Waals surface area contributed by atoms with Gasteiger partial charge in [-0.1, -0.05) is 12.8 Å². The lowest BCUT2D eigenvalue weighted by Gasteiger charge is -2.26. The van der Waals surface area contributed by atoms with E-state index >= 15 is 0 Å². The van der Waals surface area contributed by atoms with Gasteiger partial charge in [0.1, 0.15) is 11.6 Å². The molecule has 0 spiro atoms. The minimum absolute atomic E-state index is 0.0800. The van der Waals surface area contributed by atoms with Crippen molar-refractivity contribution in [1.82, 2.24) is 4.90 Å². The summed E-state index contributed by atoms with van der Waals surface area (Å²) < 4.78 is 13.2. The second kappa shape index (κ2) is 6.15. The van der Waals surface area contributed by atoms with Crippen LogP contribution in [0.15, 0.2) is 18.2 Å². The summed E-state index contributed by atoms with van der Waals surface area (Å²) in [7, 11) is 0. The molecule has 1 heterocycles. The second-order valence-corrected chi connectivity index (χ2v) is 5.25. The Bertz CT molecular complexity index is 461. The van der Waals surface area contributed by atoms with Gasteiger partial charge >= 0.3 is 0 Å². The topological polar surface area (TPSA) is 40.5 Å². The van der Waals surface area contributed by atoms with Crippen molar-refractivity contribution in [2.24, 2.45) is 0 Å². The van der Waals surface area contributed by atoms with Crippen molar-refractivity contribution in [1.29, 1.82) is 0 Å². The highest BCUT2D eigenvalue weighted by Crippen LogP contribution is 2.21. The predicted molar refractivity (Wildman–Crippen MR) is 71.9 cm³/mol. The molecule has 0 aromatic heterocycles. The molecule has 0 aliphatic carbocycles. The van der Waals surface area contributed by atoms with Crippen molar-refractivity contribution in [3.05, 3.63) is 29.6 Å². The maximum absolute atomic E-state index is 13.2. The number of hydrogen-bond acceptors (Lipinski definition) is 3. The first kappa shape index (κ1) is 14.0. The minimum atomic E-state index is -0.495. The molecule has 1 atom stereocenters. The average molecular weight is 265 g/mol. The molecule has 1 unspecified atom stereocenters. The number of likely N-dealkylation sites (tertiary alicyclic amines) is 1. The Morgan fingerprint density at radius 3 is 3.00 bits per heavy atom. The fourth-order valence-electron chi connectivity index (χ4n) is 2.57. The van der Waals surface area contributed by atoms with Gasteiger partial charge in [-0.3, -0.25) is 9.69 Å². The minimum Gasteiger partial charge on any atom is -0.507 e. The molecule has 104 valence electrons. The smallest absolute Gasteiger partial charge is 0.180 e. The monoisotopic (exact) mass is 265 g/mol. The molecule has 3 nitrogen and oxygen atoms in total.